The van der Waals surface area contributed by atoms with Crippen LogP contribution < -0.4 is 0 Å². The molecule has 7 heteroatoms. The van der Waals surface area contributed by atoms with E-state index in [0.717, 1.165) is 22.0 Å². The molecule has 0 aliphatic rings. The first kappa shape index (κ1) is 17.2. The van der Waals surface area contributed by atoms with Gasteiger partial charge in [0.15, 0.2) is 5.16 Å². The van der Waals surface area contributed by atoms with Crippen molar-refractivity contribution in [1.82, 2.24) is 20.1 Å². The van der Waals surface area contributed by atoms with Crippen LogP contribution in [0.2, 0.25) is 0 Å². The number of thioether (sulfide) groups is 1. The van der Waals surface area contributed by atoms with Crippen molar-refractivity contribution in [3.63, 3.8) is 0 Å². The number of benzene rings is 2. The van der Waals surface area contributed by atoms with Gasteiger partial charge in [-0.1, -0.05) is 36.0 Å². The van der Waals surface area contributed by atoms with Crippen LogP contribution in [0, 0.1) is 5.82 Å². The van der Waals surface area contributed by atoms with Crippen molar-refractivity contribution in [1.29, 1.82) is 0 Å². The summed E-state index contributed by atoms with van der Waals surface area (Å²) in [5.74, 6) is 0.394. The number of aromatic amines is 1. The van der Waals surface area contributed by atoms with E-state index in [4.69, 9.17) is 0 Å². The molecule has 0 radical (unpaired) electrons. The Hall–Kier alpha value is -2.67. The Kier molecular flexibility index (Phi) is 5.45. The van der Waals surface area contributed by atoms with Crippen LogP contribution in [0.3, 0.4) is 0 Å². The second-order valence-corrected chi connectivity index (χ2v) is 6.53. The fourth-order valence-corrected chi connectivity index (χ4v) is 3.05. The Bertz CT molecular complexity index is 819. The average Bonchev–Trinajstić information content (AvgIpc) is 3.15. The molecule has 1 amide bonds. The summed E-state index contributed by atoms with van der Waals surface area (Å²) >= 11 is 1.55. The molecule has 1 N–H and O–H groups in total. The van der Waals surface area contributed by atoms with Crippen LogP contribution in [0.4, 0.5) is 4.39 Å². The SMILES string of the molecule is CN(Cc1ccc(F)cc1)C(=O)c1ccc(CSc2ncn[nH]2)cc1. The number of nitrogens with zero attached hydrogens (tertiary/aromatic N) is 3. The summed E-state index contributed by atoms with van der Waals surface area (Å²) < 4.78 is 12.9. The van der Waals surface area contributed by atoms with Gasteiger partial charge in [-0.25, -0.2) is 9.37 Å². The molecule has 5 nitrogen and oxygen atoms in total. The van der Waals surface area contributed by atoms with Crippen molar-refractivity contribution in [3.05, 3.63) is 77.4 Å². The lowest BCUT2D eigenvalue weighted by molar-refractivity contribution is 0.0785. The maximum Gasteiger partial charge on any atom is 0.253 e. The molecule has 2 aromatic carbocycles. The number of rotatable bonds is 6. The van der Waals surface area contributed by atoms with Crippen LogP contribution >= 0.6 is 11.8 Å². The molecule has 0 unspecified atom stereocenters. The van der Waals surface area contributed by atoms with Crippen LogP contribution in [-0.4, -0.2) is 33.0 Å². The van der Waals surface area contributed by atoms with Gasteiger partial charge in [0, 0.05) is 24.9 Å². The molecule has 3 rings (SSSR count). The largest absolute Gasteiger partial charge is 0.337 e. The molecular weight excluding hydrogens is 339 g/mol. The van der Waals surface area contributed by atoms with Gasteiger partial charge >= 0.3 is 0 Å². The average molecular weight is 356 g/mol. The van der Waals surface area contributed by atoms with Crippen molar-refractivity contribution >= 4 is 17.7 Å². The van der Waals surface area contributed by atoms with Crippen LogP contribution in [0.1, 0.15) is 21.5 Å². The summed E-state index contributed by atoms with van der Waals surface area (Å²) in [5, 5.41) is 7.36. The summed E-state index contributed by atoms with van der Waals surface area (Å²) in [7, 11) is 1.74. The van der Waals surface area contributed by atoms with E-state index in [1.165, 1.54) is 18.5 Å². The van der Waals surface area contributed by atoms with Crippen molar-refractivity contribution in [2.45, 2.75) is 17.5 Å². The van der Waals surface area contributed by atoms with E-state index in [0.29, 0.717) is 12.1 Å². The molecule has 1 aromatic heterocycles. The van der Waals surface area contributed by atoms with E-state index in [-0.39, 0.29) is 11.7 Å². The minimum atomic E-state index is -0.281. The predicted molar refractivity (Wildman–Crippen MR) is 94.6 cm³/mol. The highest BCUT2D eigenvalue weighted by Gasteiger charge is 2.12. The van der Waals surface area contributed by atoms with Crippen molar-refractivity contribution in [2.75, 3.05) is 7.05 Å². The molecule has 0 fully saturated rings. The fraction of sp³-hybridized carbons (Fsp3) is 0.167. The first-order valence-corrected chi connectivity index (χ1v) is 8.67. The molecule has 0 aliphatic carbocycles. The molecule has 0 saturated carbocycles. The minimum Gasteiger partial charge on any atom is -0.337 e. The Labute approximate surface area is 149 Å². The van der Waals surface area contributed by atoms with E-state index in [2.05, 4.69) is 15.2 Å². The molecule has 1 heterocycles. The number of amides is 1. The molecule has 3 aromatic rings. The number of hydrogen-bond donors (Lipinski definition) is 1. The van der Waals surface area contributed by atoms with E-state index in [9.17, 15) is 9.18 Å². The van der Waals surface area contributed by atoms with Gasteiger partial charge in [0.2, 0.25) is 0 Å². The summed E-state index contributed by atoms with van der Waals surface area (Å²) in [6, 6.07) is 13.7. The first-order chi connectivity index (χ1) is 12.1. The highest BCUT2D eigenvalue weighted by Crippen LogP contribution is 2.19. The standard InChI is InChI=1S/C18H17FN4OS/c1-23(10-13-4-8-16(19)9-5-13)17(24)15-6-2-14(3-7-15)11-25-18-20-12-21-22-18/h2-9,12H,10-11H2,1H3,(H,20,21,22). The second kappa shape index (κ2) is 7.94. The van der Waals surface area contributed by atoms with E-state index in [1.807, 2.05) is 24.3 Å². The van der Waals surface area contributed by atoms with Crippen LogP contribution in [0.25, 0.3) is 0 Å². The van der Waals surface area contributed by atoms with E-state index < -0.39 is 0 Å². The van der Waals surface area contributed by atoms with Crippen molar-refractivity contribution in [3.8, 4) is 0 Å². The van der Waals surface area contributed by atoms with Gasteiger partial charge in [0.1, 0.15) is 12.1 Å². The van der Waals surface area contributed by atoms with E-state index in [1.54, 1.807) is 35.8 Å². The lowest BCUT2D eigenvalue weighted by Crippen LogP contribution is -2.26. The zero-order chi connectivity index (χ0) is 17.6. The maximum atomic E-state index is 12.9. The van der Waals surface area contributed by atoms with Gasteiger partial charge in [-0.05, 0) is 35.4 Å². The zero-order valence-electron chi connectivity index (χ0n) is 13.6. The maximum absolute atomic E-state index is 12.9. The number of carbonyl (C=O) groups excluding carboxylic acids is 1. The quantitative estimate of drug-likeness (QED) is 0.687. The molecule has 0 aliphatic heterocycles. The monoisotopic (exact) mass is 356 g/mol. The number of H-pyrrole nitrogens is 1. The third-order valence-electron chi connectivity index (χ3n) is 3.65. The lowest BCUT2D eigenvalue weighted by atomic mass is 10.1. The minimum absolute atomic E-state index is 0.0706. The second-order valence-electron chi connectivity index (χ2n) is 5.56. The lowest BCUT2D eigenvalue weighted by Gasteiger charge is -2.17. The Balaban J connectivity index is 1.58. The van der Waals surface area contributed by atoms with Crippen molar-refractivity contribution in [2.24, 2.45) is 0 Å². The third kappa shape index (κ3) is 4.67. The predicted octanol–water partition coefficient (Wildman–Crippen LogP) is 3.51. The normalized spacial score (nSPS) is 10.6. The fourth-order valence-electron chi connectivity index (χ4n) is 2.31. The molecular formula is C18H17FN4OS. The van der Waals surface area contributed by atoms with Gasteiger partial charge in [0.05, 0.1) is 0 Å². The molecule has 0 atom stereocenters. The molecule has 0 bridgehead atoms. The summed E-state index contributed by atoms with van der Waals surface area (Å²) in [6.45, 7) is 0.433. The number of nitrogens with one attached hydrogen (secondary N) is 1. The van der Waals surface area contributed by atoms with Gasteiger partial charge < -0.3 is 4.90 Å². The highest BCUT2D eigenvalue weighted by molar-refractivity contribution is 7.98. The number of halogens is 1. The van der Waals surface area contributed by atoms with Gasteiger partial charge in [-0.3, -0.25) is 9.89 Å². The highest BCUT2D eigenvalue weighted by atomic mass is 32.2. The van der Waals surface area contributed by atoms with Crippen LogP contribution in [-0.2, 0) is 12.3 Å². The molecule has 0 spiro atoms. The van der Waals surface area contributed by atoms with Crippen molar-refractivity contribution < 1.29 is 9.18 Å². The Morgan fingerprint density at radius 3 is 2.44 bits per heavy atom. The summed E-state index contributed by atoms with van der Waals surface area (Å²) in [5.41, 5.74) is 2.61. The first-order valence-electron chi connectivity index (χ1n) is 7.69. The number of carbonyl (C=O) groups is 1. The third-order valence-corrected chi connectivity index (χ3v) is 4.60. The topological polar surface area (TPSA) is 61.9 Å². The molecule has 128 valence electrons. The summed E-state index contributed by atoms with van der Waals surface area (Å²) in [6.07, 6.45) is 1.47. The zero-order valence-corrected chi connectivity index (χ0v) is 14.5. The Morgan fingerprint density at radius 2 is 1.80 bits per heavy atom. The van der Waals surface area contributed by atoms with Gasteiger partial charge in [0.25, 0.3) is 5.91 Å². The molecule has 0 saturated heterocycles. The Morgan fingerprint density at radius 1 is 1.12 bits per heavy atom. The molecule has 25 heavy (non-hydrogen) atoms. The van der Waals surface area contributed by atoms with E-state index >= 15 is 0 Å². The van der Waals surface area contributed by atoms with Gasteiger partial charge in [-0.15, -0.1) is 0 Å². The number of hydrogen-bond acceptors (Lipinski definition) is 4. The van der Waals surface area contributed by atoms with Crippen LogP contribution in [0.15, 0.2) is 60.0 Å². The number of aromatic nitrogens is 3. The smallest absolute Gasteiger partial charge is 0.253 e. The van der Waals surface area contributed by atoms with Crippen LogP contribution in [0.5, 0.6) is 0 Å². The summed E-state index contributed by atoms with van der Waals surface area (Å²) in [4.78, 5) is 18.2. The van der Waals surface area contributed by atoms with Gasteiger partial charge in [-0.2, -0.15) is 5.10 Å².